The Morgan fingerprint density at radius 3 is 2.42 bits per heavy atom. The van der Waals surface area contributed by atoms with Crippen LogP contribution < -0.4 is 11.1 Å². The number of halogens is 1. The van der Waals surface area contributed by atoms with Crippen molar-refractivity contribution >= 4 is 44.3 Å². The largest absolute Gasteiger partial charge is 0.369 e. The monoisotopic (exact) mass is 482 g/mol. The summed E-state index contributed by atoms with van der Waals surface area (Å²) in [6.45, 7) is 2.80. The molecule has 6 nitrogen and oxygen atoms in total. The lowest BCUT2D eigenvalue weighted by atomic mass is 9.96. The molecule has 7 heteroatoms. The maximum absolute atomic E-state index is 12.9. The molecule has 1 aliphatic rings. The van der Waals surface area contributed by atoms with E-state index in [2.05, 4.69) is 38.3 Å². The number of fused-ring (bicyclic) bond motifs is 1. The second-order valence-corrected chi connectivity index (χ2v) is 8.95. The number of aromatic nitrogens is 1. The second-order valence-electron chi connectivity index (χ2n) is 8.16. The van der Waals surface area contributed by atoms with E-state index >= 15 is 0 Å². The second kappa shape index (κ2) is 9.24. The minimum atomic E-state index is -0.173. The number of aryl methyl sites for hydroxylation is 1. The molecule has 2 amide bonds. The summed E-state index contributed by atoms with van der Waals surface area (Å²) in [6, 6.07) is 15.9. The van der Waals surface area contributed by atoms with Gasteiger partial charge in [-0.2, -0.15) is 0 Å². The lowest BCUT2D eigenvalue weighted by molar-refractivity contribution is -0.123. The van der Waals surface area contributed by atoms with E-state index in [-0.39, 0.29) is 17.7 Å². The summed E-state index contributed by atoms with van der Waals surface area (Å²) in [5, 5.41) is 4.02. The van der Waals surface area contributed by atoms with Gasteiger partial charge in [-0.1, -0.05) is 30.3 Å². The van der Waals surface area contributed by atoms with Gasteiger partial charge < -0.3 is 20.5 Å². The fourth-order valence-corrected chi connectivity index (χ4v) is 5.05. The quantitative estimate of drug-likeness (QED) is 0.558. The number of amides is 2. The molecule has 1 saturated heterocycles. The zero-order chi connectivity index (χ0) is 22.0. The number of nitrogens with two attached hydrogens (primary N) is 1. The molecule has 1 aliphatic heterocycles. The van der Waals surface area contributed by atoms with E-state index in [4.69, 9.17) is 5.73 Å². The molecule has 0 atom stereocenters. The third-order valence-corrected chi connectivity index (χ3v) is 6.98. The Bertz CT molecular complexity index is 1060. The number of carbonyl (C=O) groups is 2. The average Bonchev–Trinajstić information content (AvgIpc) is 3.04. The topological polar surface area (TPSA) is 80.4 Å². The van der Waals surface area contributed by atoms with Crippen LogP contribution in [0.15, 0.2) is 53.0 Å². The standard InChI is InChI=1S/C24H27BrN4O2/c1-28-20-5-3-2-4-19(20)21(25)22(28)24(31)27-18-8-6-16(7-9-18)10-13-29-14-11-17(12-15-29)23(26)30/h2-9,17H,10-15H2,1H3,(H2,26,30)(H,27,31). The van der Waals surface area contributed by atoms with Crippen LogP contribution in [0.4, 0.5) is 5.69 Å². The molecule has 0 saturated carbocycles. The van der Waals surface area contributed by atoms with E-state index in [0.29, 0.717) is 5.69 Å². The summed E-state index contributed by atoms with van der Waals surface area (Å²) >= 11 is 3.59. The predicted octanol–water partition coefficient (Wildman–Crippen LogP) is 3.93. The van der Waals surface area contributed by atoms with Gasteiger partial charge in [-0.05, 0) is 72.0 Å². The van der Waals surface area contributed by atoms with Crippen molar-refractivity contribution in [3.63, 3.8) is 0 Å². The van der Waals surface area contributed by atoms with Gasteiger partial charge in [0.25, 0.3) is 5.91 Å². The van der Waals surface area contributed by atoms with E-state index in [1.165, 1.54) is 5.56 Å². The van der Waals surface area contributed by atoms with E-state index in [1.54, 1.807) is 0 Å². The van der Waals surface area contributed by atoms with Gasteiger partial charge in [-0.25, -0.2) is 0 Å². The minimum Gasteiger partial charge on any atom is -0.369 e. The molecular weight excluding hydrogens is 456 g/mol. The molecule has 3 N–H and O–H groups in total. The van der Waals surface area contributed by atoms with Crippen LogP contribution in [0.25, 0.3) is 10.9 Å². The fraction of sp³-hybridized carbons (Fsp3) is 0.333. The SMILES string of the molecule is Cn1c(C(=O)Nc2ccc(CCN3CCC(C(N)=O)CC3)cc2)c(Br)c2ccccc21. The number of benzene rings is 2. The molecule has 3 aromatic rings. The molecular formula is C24H27BrN4O2. The number of likely N-dealkylation sites (tertiary alicyclic amines) is 1. The molecule has 1 aromatic heterocycles. The van der Waals surface area contributed by atoms with Crippen LogP contribution >= 0.6 is 15.9 Å². The van der Waals surface area contributed by atoms with Crippen LogP contribution in [0.5, 0.6) is 0 Å². The summed E-state index contributed by atoms with van der Waals surface area (Å²) in [6.07, 6.45) is 2.64. The van der Waals surface area contributed by atoms with Crippen molar-refractivity contribution in [1.82, 2.24) is 9.47 Å². The Labute approximate surface area is 190 Å². The molecule has 2 heterocycles. The molecule has 0 radical (unpaired) electrons. The molecule has 0 unspecified atom stereocenters. The van der Waals surface area contributed by atoms with Gasteiger partial charge in [0.1, 0.15) is 5.69 Å². The Balaban J connectivity index is 1.35. The van der Waals surface area contributed by atoms with Gasteiger partial charge in [0.05, 0.1) is 4.47 Å². The fourth-order valence-electron chi connectivity index (χ4n) is 4.27. The van der Waals surface area contributed by atoms with E-state index in [9.17, 15) is 9.59 Å². The molecule has 0 bridgehead atoms. The number of carbonyl (C=O) groups excluding carboxylic acids is 2. The first kappa shape index (κ1) is 21.6. The smallest absolute Gasteiger partial charge is 0.273 e. The van der Waals surface area contributed by atoms with Gasteiger partial charge in [-0.3, -0.25) is 9.59 Å². The Morgan fingerprint density at radius 2 is 1.77 bits per heavy atom. The highest BCUT2D eigenvalue weighted by molar-refractivity contribution is 9.10. The zero-order valence-electron chi connectivity index (χ0n) is 17.6. The number of hydrogen-bond donors (Lipinski definition) is 2. The van der Waals surface area contributed by atoms with Gasteiger partial charge in [0.15, 0.2) is 0 Å². The minimum absolute atomic E-state index is 0.0287. The van der Waals surface area contributed by atoms with Gasteiger partial charge >= 0.3 is 0 Å². The molecule has 0 spiro atoms. The first-order valence-corrected chi connectivity index (χ1v) is 11.4. The van der Waals surface area contributed by atoms with Crippen molar-refractivity contribution in [1.29, 1.82) is 0 Å². The summed E-state index contributed by atoms with van der Waals surface area (Å²) < 4.78 is 2.71. The van der Waals surface area contributed by atoms with Crippen LogP contribution in [0.2, 0.25) is 0 Å². The summed E-state index contributed by atoms with van der Waals surface area (Å²) in [7, 11) is 1.90. The predicted molar refractivity (Wildman–Crippen MR) is 127 cm³/mol. The van der Waals surface area contributed by atoms with E-state index in [1.807, 2.05) is 48.0 Å². The number of primary amides is 1. The van der Waals surface area contributed by atoms with Gasteiger partial charge in [0.2, 0.25) is 5.91 Å². The highest BCUT2D eigenvalue weighted by Crippen LogP contribution is 2.30. The van der Waals surface area contributed by atoms with Crippen molar-refractivity contribution in [2.75, 3.05) is 25.0 Å². The van der Waals surface area contributed by atoms with Crippen molar-refractivity contribution in [3.05, 3.63) is 64.3 Å². The van der Waals surface area contributed by atoms with Crippen molar-refractivity contribution in [3.8, 4) is 0 Å². The van der Waals surface area contributed by atoms with Crippen LogP contribution in [0.3, 0.4) is 0 Å². The molecule has 162 valence electrons. The number of nitrogens with one attached hydrogen (secondary N) is 1. The number of hydrogen-bond acceptors (Lipinski definition) is 3. The third kappa shape index (κ3) is 4.67. The van der Waals surface area contributed by atoms with Gasteiger partial charge in [0, 0.05) is 36.1 Å². The van der Waals surface area contributed by atoms with Crippen LogP contribution in [-0.4, -0.2) is 40.9 Å². The van der Waals surface area contributed by atoms with Crippen LogP contribution in [-0.2, 0) is 18.3 Å². The molecule has 2 aromatic carbocycles. The first-order chi connectivity index (χ1) is 14.9. The molecule has 4 rings (SSSR count). The maximum Gasteiger partial charge on any atom is 0.273 e. The number of piperidine rings is 1. The number of anilines is 1. The Morgan fingerprint density at radius 1 is 1.10 bits per heavy atom. The van der Waals surface area contributed by atoms with Crippen LogP contribution in [0.1, 0.15) is 28.9 Å². The average molecular weight is 483 g/mol. The Kier molecular flexibility index (Phi) is 6.43. The zero-order valence-corrected chi connectivity index (χ0v) is 19.2. The molecule has 0 aliphatic carbocycles. The third-order valence-electron chi connectivity index (χ3n) is 6.18. The lowest BCUT2D eigenvalue weighted by Gasteiger charge is -2.30. The highest BCUT2D eigenvalue weighted by atomic mass is 79.9. The Hall–Kier alpha value is -2.64. The van der Waals surface area contributed by atoms with E-state index in [0.717, 1.165) is 60.0 Å². The number of para-hydroxylation sites is 1. The first-order valence-electron chi connectivity index (χ1n) is 10.6. The summed E-state index contributed by atoms with van der Waals surface area (Å²) in [5.41, 5.74) is 9.01. The summed E-state index contributed by atoms with van der Waals surface area (Å²) in [5.74, 6) is -0.288. The number of nitrogens with zero attached hydrogens (tertiary/aromatic N) is 2. The van der Waals surface area contributed by atoms with Crippen LogP contribution in [0, 0.1) is 5.92 Å². The normalized spacial score (nSPS) is 15.3. The highest BCUT2D eigenvalue weighted by Gasteiger charge is 2.23. The summed E-state index contributed by atoms with van der Waals surface area (Å²) in [4.78, 5) is 26.6. The number of rotatable bonds is 6. The van der Waals surface area contributed by atoms with Gasteiger partial charge in [-0.15, -0.1) is 0 Å². The van der Waals surface area contributed by atoms with Crippen molar-refractivity contribution in [2.45, 2.75) is 19.3 Å². The maximum atomic E-state index is 12.9. The molecule has 1 fully saturated rings. The lowest BCUT2D eigenvalue weighted by Crippen LogP contribution is -2.39. The molecule has 31 heavy (non-hydrogen) atoms. The van der Waals surface area contributed by atoms with Crippen molar-refractivity contribution in [2.24, 2.45) is 18.7 Å². The van der Waals surface area contributed by atoms with Crippen molar-refractivity contribution < 1.29 is 9.59 Å². The van der Waals surface area contributed by atoms with E-state index < -0.39 is 0 Å².